The highest BCUT2D eigenvalue weighted by Gasteiger charge is 2.24. The fourth-order valence-electron chi connectivity index (χ4n) is 2.09. The smallest absolute Gasteiger partial charge is 0.0726 e. The highest BCUT2D eigenvalue weighted by Crippen LogP contribution is 2.63. The summed E-state index contributed by atoms with van der Waals surface area (Å²) in [4.78, 5) is 2.51. The van der Waals surface area contributed by atoms with E-state index in [0.717, 1.165) is 11.1 Å². The summed E-state index contributed by atoms with van der Waals surface area (Å²) < 4.78 is 4.50. The van der Waals surface area contributed by atoms with E-state index in [0.29, 0.717) is 5.92 Å². The first-order chi connectivity index (χ1) is 12.4. The van der Waals surface area contributed by atoms with Crippen LogP contribution in [0.5, 0.6) is 0 Å². The van der Waals surface area contributed by atoms with Crippen molar-refractivity contribution < 1.29 is 0 Å². The van der Waals surface area contributed by atoms with Gasteiger partial charge in [-0.2, -0.15) is 0 Å². The second-order valence-corrected chi connectivity index (χ2v) is 15.5. The lowest BCUT2D eigenvalue weighted by molar-refractivity contribution is 0.866. The molecule has 0 saturated carbocycles. The lowest BCUT2D eigenvalue weighted by Gasteiger charge is -2.00. The van der Waals surface area contributed by atoms with E-state index in [2.05, 4.69) is 93.7 Å². The van der Waals surface area contributed by atoms with Crippen LogP contribution in [-0.2, 0) is 0 Å². The van der Waals surface area contributed by atoms with E-state index in [-0.39, 0.29) is 6.75 Å². The Morgan fingerprint density at radius 3 is 2.08 bits per heavy atom. The molecule has 0 saturated heterocycles. The molecule has 0 nitrogen and oxygen atoms in total. The van der Waals surface area contributed by atoms with Crippen molar-refractivity contribution in [2.75, 3.05) is 6.66 Å². The van der Waals surface area contributed by atoms with Crippen LogP contribution in [0.3, 0.4) is 0 Å². The summed E-state index contributed by atoms with van der Waals surface area (Å²) in [5, 5.41) is 0. The van der Waals surface area contributed by atoms with Crippen molar-refractivity contribution in [2.24, 2.45) is 5.92 Å². The fraction of sp³-hybridized carbons (Fsp3) is 0.286. The molecule has 2 heterocycles. The van der Waals surface area contributed by atoms with Gasteiger partial charge >= 0.3 is 0 Å². The van der Waals surface area contributed by atoms with Crippen LogP contribution in [0.25, 0.3) is 0 Å². The minimum Gasteiger partial charge on any atom is -0.0951 e. The number of benzene rings is 1. The molecule has 2 aliphatic rings. The molecule has 1 aromatic rings. The fourth-order valence-corrected chi connectivity index (χ4v) is 11.9. The second-order valence-electron chi connectivity index (χ2n) is 6.23. The van der Waals surface area contributed by atoms with Crippen LogP contribution < -0.4 is 0 Å². The zero-order valence-corrected chi connectivity index (χ0v) is 19.8. The van der Waals surface area contributed by atoms with Gasteiger partial charge in [-0.3, -0.25) is 0 Å². The van der Waals surface area contributed by atoms with Gasteiger partial charge in [0, 0.05) is 21.9 Å². The molecule has 1 atom stereocenters. The molecule has 3 rings (SSSR count). The molecule has 0 radical (unpaired) electrons. The maximum absolute atomic E-state index is 3.38. The van der Waals surface area contributed by atoms with E-state index in [1.165, 1.54) is 18.3 Å². The SMILES string of the molecule is CC1=C(C#Cc2ccc(C#CC(C)C)cc2)S/C(=C2\SC(C)=[PH](C)S2)S1. The van der Waals surface area contributed by atoms with E-state index in [1.807, 2.05) is 35.3 Å². The molecule has 0 fully saturated rings. The van der Waals surface area contributed by atoms with Crippen LogP contribution >= 0.6 is 53.4 Å². The van der Waals surface area contributed by atoms with E-state index >= 15 is 0 Å². The molecule has 0 aliphatic carbocycles. The van der Waals surface area contributed by atoms with Gasteiger partial charge in [-0.05, 0) is 49.4 Å². The maximum Gasteiger partial charge on any atom is 0.0726 e. The van der Waals surface area contributed by atoms with Crippen LogP contribution in [-0.4, -0.2) is 11.3 Å². The van der Waals surface area contributed by atoms with Gasteiger partial charge in [0.05, 0.1) is 13.4 Å². The molecule has 1 unspecified atom stereocenters. The van der Waals surface area contributed by atoms with Crippen LogP contribution in [0.15, 0.2) is 42.6 Å². The first kappa shape index (κ1) is 20.3. The molecule has 0 bridgehead atoms. The topological polar surface area (TPSA) is 0 Å². The van der Waals surface area contributed by atoms with Crippen molar-refractivity contribution in [3.63, 3.8) is 0 Å². The number of rotatable bonds is 0. The third kappa shape index (κ3) is 5.28. The average Bonchev–Trinajstić information content (AvgIpc) is 3.14. The van der Waals surface area contributed by atoms with E-state index < -0.39 is 0 Å². The molecular formula is C21H21PS4. The Labute approximate surface area is 175 Å². The summed E-state index contributed by atoms with van der Waals surface area (Å²) >= 11 is 7.77. The summed E-state index contributed by atoms with van der Waals surface area (Å²) in [5.41, 5.74) is 2.09. The third-order valence-corrected chi connectivity index (χ3v) is 14.1. The Morgan fingerprint density at radius 1 is 0.846 bits per heavy atom. The highest BCUT2D eigenvalue weighted by molar-refractivity contribution is 8.68. The highest BCUT2D eigenvalue weighted by atomic mass is 32.7. The van der Waals surface area contributed by atoms with Gasteiger partial charge in [0.2, 0.25) is 0 Å². The van der Waals surface area contributed by atoms with E-state index in [9.17, 15) is 0 Å². The molecule has 0 amide bonds. The standard InChI is InChI=1S/C21H21PS4/c1-14(2)6-7-17-8-10-18(11-9-17)12-13-19-15(3)23-20(25-19)21-24-16(4)22(5)26-21/h8-11,14,22H,1-5H3/b21-20+. The van der Waals surface area contributed by atoms with Crippen molar-refractivity contribution in [1.82, 2.24) is 0 Å². The zero-order chi connectivity index (χ0) is 18.7. The Balaban J connectivity index is 1.70. The zero-order valence-electron chi connectivity index (χ0n) is 15.5. The summed E-state index contributed by atoms with van der Waals surface area (Å²) in [5.74, 6) is 13.5. The van der Waals surface area contributed by atoms with E-state index in [4.69, 9.17) is 0 Å². The van der Waals surface area contributed by atoms with Crippen LogP contribution in [0.2, 0.25) is 0 Å². The molecular weight excluding hydrogens is 411 g/mol. The van der Waals surface area contributed by atoms with Gasteiger partial charge in [0.1, 0.15) is 0 Å². The Morgan fingerprint density at radius 2 is 1.50 bits per heavy atom. The molecule has 2 aliphatic heterocycles. The molecule has 26 heavy (non-hydrogen) atoms. The quantitative estimate of drug-likeness (QED) is 0.312. The molecule has 0 N–H and O–H groups in total. The van der Waals surface area contributed by atoms with Crippen LogP contribution in [0, 0.1) is 29.6 Å². The minimum absolute atomic E-state index is 0.377. The van der Waals surface area contributed by atoms with Crippen LogP contribution in [0.1, 0.15) is 38.8 Å². The second kappa shape index (κ2) is 9.14. The first-order valence-corrected chi connectivity index (χ1v) is 14.4. The van der Waals surface area contributed by atoms with Crippen molar-refractivity contribution in [3.05, 3.63) is 53.7 Å². The minimum atomic E-state index is -0.377. The van der Waals surface area contributed by atoms with Gasteiger partial charge in [-0.15, -0.1) is 0 Å². The molecule has 134 valence electrons. The van der Waals surface area contributed by atoms with Gasteiger partial charge in [-0.25, -0.2) is 0 Å². The molecule has 5 heteroatoms. The summed E-state index contributed by atoms with van der Waals surface area (Å²) in [7, 11) is 0. The van der Waals surface area contributed by atoms with Gasteiger partial charge in [-0.1, -0.05) is 90.9 Å². The maximum atomic E-state index is 3.38. The van der Waals surface area contributed by atoms with Gasteiger partial charge in [0.25, 0.3) is 0 Å². The summed E-state index contributed by atoms with van der Waals surface area (Å²) in [6.07, 6.45) is 0. The Bertz CT molecular complexity index is 926. The Hall–Kier alpha value is -0.480. The summed E-state index contributed by atoms with van der Waals surface area (Å²) in [6.45, 7) is 10.7. The van der Waals surface area contributed by atoms with Crippen molar-refractivity contribution in [2.45, 2.75) is 27.7 Å². The number of hydrogen-bond acceptors (Lipinski definition) is 4. The summed E-state index contributed by atoms with van der Waals surface area (Å²) in [6, 6.07) is 8.23. The van der Waals surface area contributed by atoms with Crippen molar-refractivity contribution in [3.8, 4) is 23.7 Å². The third-order valence-electron chi connectivity index (χ3n) is 3.62. The lowest BCUT2D eigenvalue weighted by Crippen LogP contribution is -1.81. The van der Waals surface area contributed by atoms with Gasteiger partial charge in [0.15, 0.2) is 0 Å². The van der Waals surface area contributed by atoms with Crippen molar-refractivity contribution >= 4 is 58.0 Å². The first-order valence-electron chi connectivity index (χ1n) is 8.40. The van der Waals surface area contributed by atoms with E-state index in [1.54, 1.807) is 4.63 Å². The molecule has 0 aromatic heterocycles. The Kier molecular flexibility index (Phi) is 7.12. The monoisotopic (exact) mass is 432 g/mol. The average molecular weight is 433 g/mol. The normalized spacial score (nSPS) is 22.4. The predicted octanol–water partition coefficient (Wildman–Crippen LogP) is 7.27. The number of thioether (sulfide) groups is 3. The molecule has 0 spiro atoms. The number of allylic oxidation sites excluding steroid dienone is 2. The van der Waals surface area contributed by atoms with Crippen molar-refractivity contribution in [1.29, 1.82) is 0 Å². The predicted molar refractivity (Wildman–Crippen MR) is 130 cm³/mol. The number of hydrogen-bond donors (Lipinski definition) is 0. The van der Waals surface area contributed by atoms with Gasteiger partial charge < -0.3 is 0 Å². The lowest BCUT2D eigenvalue weighted by atomic mass is 10.1. The van der Waals surface area contributed by atoms with Crippen LogP contribution in [0.4, 0.5) is 0 Å². The molecule has 1 aromatic carbocycles. The largest absolute Gasteiger partial charge is 0.0951 e.